The summed E-state index contributed by atoms with van der Waals surface area (Å²) in [5.41, 5.74) is 1.26. The van der Waals surface area contributed by atoms with Crippen LogP contribution in [-0.2, 0) is 6.54 Å². The topological polar surface area (TPSA) is 66.2 Å². The molecule has 0 aliphatic rings. The zero-order valence-electron chi connectivity index (χ0n) is 12.3. The first-order valence-corrected chi connectivity index (χ1v) is 6.74. The summed E-state index contributed by atoms with van der Waals surface area (Å²) >= 11 is 0. The lowest BCUT2D eigenvalue weighted by atomic mass is 10.2. The molecule has 3 rings (SSSR count). The Kier molecular flexibility index (Phi) is 3.74. The molecule has 0 N–H and O–H groups in total. The number of pyridine rings is 1. The number of benzene rings is 1. The molecule has 0 spiro atoms. The molecule has 0 saturated carbocycles. The molecule has 0 saturated heterocycles. The summed E-state index contributed by atoms with van der Waals surface area (Å²) < 4.78 is 12.0. The molecule has 6 heteroatoms. The van der Waals surface area contributed by atoms with Crippen LogP contribution >= 0.6 is 0 Å². The van der Waals surface area contributed by atoms with Crippen LogP contribution in [0.1, 0.15) is 5.56 Å². The Balaban J connectivity index is 2.00. The van der Waals surface area contributed by atoms with Crippen molar-refractivity contribution in [2.24, 2.45) is 0 Å². The van der Waals surface area contributed by atoms with Crippen LogP contribution in [0, 0.1) is 0 Å². The monoisotopic (exact) mass is 297 g/mol. The van der Waals surface area contributed by atoms with E-state index in [1.807, 2.05) is 18.2 Å². The van der Waals surface area contributed by atoms with Crippen molar-refractivity contribution in [3.8, 4) is 11.5 Å². The molecule has 0 radical (unpaired) electrons. The van der Waals surface area contributed by atoms with E-state index in [0.29, 0.717) is 29.1 Å². The third-order valence-electron chi connectivity index (χ3n) is 3.40. The maximum Gasteiger partial charge on any atom is 0.263 e. The van der Waals surface area contributed by atoms with Gasteiger partial charge in [-0.05, 0) is 29.8 Å². The van der Waals surface area contributed by atoms with Crippen molar-refractivity contribution in [3.63, 3.8) is 0 Å². The first-order chi connectivity index (χ1) is 10.7. The Morgan fingerprint density at radius 1 is 1.09 bits per heavy atom. The number of hydrogen-bond acceptors (Lipinski definition) is 5. The summed E-state index contributed by atoms with van der Waals surface area (Å²) in [5, 5.41) is 0.505. The summed E-state index contributed by atoms with van der Waals surface area (Å²) in [4.78, 5) is 20.7. The van der Waals surface area contributed by atoms with Gasteiger partial charge in [-0.2, -0.15) is 0 Å². The molecule has 0 fully saturated rings. The summed E-state index contributed by atoms with van der Waals surface area (Å²) in [7, 11) is 3.17. The minimum absolute atomic E-state index is 0.118. The quantitative estimate of drug-likeness (QED) is 0.735. The number of methoxy groups -OCH3 is 2. The zero-order chi connectivity index (χ0) is 15.5. The molecule has 3 aromatic rings. The van der Waals surface area contributed by atoms with Gasteiger partial charge in [0.15, 0.2) is 17.1 Å². The molecular formula is C16H15N3O3. The van der Waals surface area contributed by atoms with Crippen molar-refractivity contribution in [3.05, 3.63) is 58.8 Å². The maximum absolute atomic E-state index is 12.4. The van der Waals surface area contributed by atoms with Crippen LogP contribution < -0.4 is 15.0 Å². The third kappa shape index (κ3) is 2.50. The Bertz CT molecular complexity index is 874. The van der Waals surface area contributed by atoms with Crippen LogP contribution in [0.25, 0.3) is 11.0 Å². The summed E-state index contributed by atoms with van der Waals surface area (Å²) in [6.07, 6.45) is 3.13. The molecule has 2 aromatic heterocycles. The molecule has 22 heavy (non-hydrogen) atoms. The van der Waals surface area contributed by atoms with Crippen molar-refractivity contribution < 1.29 is 9.47 Å². The number of hydrogen-bond donors (Lipinski definition) is 0. The predicted octanol–water partition coefficient (Wildman–Crippen LogP) is 1.86. The third-order valence-corrected chi connectivity index (χ3v) is 3.40. The minimum Gasteiger partial charge on any atom is -0.493 e. The van der Waals surface area contributed by atoms with E-state index < -0.39 is 0 Å². The minimum atomic E-state index is -0.118. The molecule has 0 atom stereocenters. The van der Waals surface area contributed by atoms with E-state index >= 15 is 0 Å². The normalized spacial score (nSPS) is 10.6. The molecule has 0 aliphatic carbocycles. The lowest BCUT2D eigenvalue weighted by molar-refractivity contribution is 0.354. The molecule has 0 unspecified atom stereocenters. The van der Waals surface area contributed by atoms with Crippen LogP contribution in [0.4, 0.5) is 0 Å². The van der Waals surface area contributed by atoms with E-state index in [9.17, 15) is 4.79 Å². The van der Waals surface area contributed by atoms with Crippen molar-refractivity contribution >= 4 is 11.0 Å². The van der Waals surface area contributed by atoms with Crippen LogP contribution in [0.5, 0.6) is 11.5 Å². The van der Waals surface area contributed by atoms with E-state index in [4.69, 9.17) is 9.47 Å². The van der Waals surface area contributed by atoms with Gasteiger partial charge in [-0.15, -0.1) is 0 Å². The second-order valence-corrected chi connectivity index (χ2v) is 4.74. The van der Waals surface area contributed by atoms with Gasteiger partial charge in [0, 0.05) is 6.20 Å². The fourth-order valence-electron chi connectivity index (χ4n) is 2.29. The van der Waals surface area contributed by atoms with E-state index in [1.165, 1.54) is 6.33 Å². The molecule has 0 amide bonds. The van der Waals surface area contributed by atoms with Crippen molar-refractivity contribution in [1.29, 1.82) is 0 Å². The second-order valence-electron chi connectivity index (χ2n) is 4.74. The lowest BCUT2D eigenvalue weighted by Crippen LogP contribution is -2.21. The maximum atomic E-state index is 12.4. The lowest BCUT2D eigenvalue weighted by Gasteiger charge is -2.11. The van der Waals surface area contributed by atoms with E-state index in [2.05, 4.69) is 9.97 Å². The summed E-state index contributed by atoms with van der Waals surface area (Å²) in [5.74, 6) is 1.28. The molecule has 2 heterocycles. The number of ether oxygens (including phenoxy) is 2. The average molecular weight is 297 g/mol. The fourth-order valence-corrected chi connectivity index (χ4v) is 2.29. The number of fused-ring (bicyclic) bond motifs is 1. The summed E-state index contributed by atoms with van der Waals surface area (Å²) in [6, 6.07) is 9.00. The first-order valence-electron chi connectivity index (χ1n) is 6.74. The van der Waals surface area contributed by atoms with Crippen molar-refractivity contribution in [2.75, 3.05) is 14.2 Å². The predicted molar refractivity (Wildman–Crippen MR) is 82.4 cm³/mol. The van der Waals surface area contributed by atoms with Crippen molar-refractivity contribution in [2.45, 2.75) is 6.54 Å². The highest BCUT2D eigenvalue weighted by Gasteiger charge is 2.08. The van der Waals surface area contributed by atoms with Gasteiger partial charge in [-0.25, -0.2) is 9.97 Å². The van der Waals surface area contributed by atoms with E-state index in [1.54, 1.807) is 37.1 Å². The fraction of sp³-hybridized carbons (Fsp3) is 0.188. The SMILES string of the molecule is COc1ccc(Cn2cnc3ncccc3c2=O)cc1OC. The van der Waals surface area contributed by atoms with E-state index in [0.717, 1.165) is 5.56 Å². The Labute approximate surface area is 127 Å². The Hall–Kier alpha value is -2.89. The standard InChI is InChI=1S/C16H15N3O3/c1-21-13-6-5-11(8-14(13)22-2)9-19-10-18-15-12(16(19)20)4-3-7-17-15/h3-8,10H,9H2,1-2H3. The van der Waals surface area contributed by atoms with Gasteiger partial charge in [-0.1, -0.05) is 6.07 Å². The number of rotatable bonds is 4. The van der Waals surface area contributed by atoms with Gasteiger partial charge in [0.2, 0.25) is 0 Å². The van der Waals surface area contributed by atoms with Crippen LogP contribution in [-0.4, -0.2) is 28.8 Å². The number of nitrogens with zero attached hydrogens (tertiary/aromatic N) is 3. The average Bonchev–Trinajstić information content (AvgIpc) is 2.57. The molecule has 6 nitrogen and oxygen atoms in total. The highest BCUT2D eigenvalue weighted by atomic mass is 16.5. The van der Waals surface area contributed by atoms with Crippen LogP contribution in [0.3, 0.4) is 0 Å². The van der Waals surface area contributed by atoms with E-state index in [-0.39, 0.29) is 5.56 Å². The van der Waals surface area contributed by atoms with Gasteiger partial charge in [0.25, 0.3) is 5.56 Å². The molecular weight excluding hydrogens is 282 g/mol. The van der Waals surface area contributed by atoms with Crippen LogP contribution in [0.15, 0.2) is 47.7 Å². The van der Waals surface area contributed by atoms with Gasteiger partial charge in [0.1, 0.15) is 6.33 Å². The zero-order valence-corrected chi connectivity index (χ0v) is 12.3. The second kappa shape index (κ2) is 5.85. The highest BCUT2D eigenvalue weighted by Crippen LogP contribution is 2.27. The smallest absolute Gasteiger partial charge is 0.263 e. The summed E-state index contributed by atoms with van der Waals surface area (Å²) in [6.45, 7) is 0.400. The molecule has 0 aliphatic heterocycles. The van der Waals surface area contributed by atoms with Gasteiger partial charge < -0.3 is 9.47 Å². The highest BCUT2D eigenvalue weighted by molar-refractivity contribution is 5.72. The van der Waals surface area contributed by atoms with Gasteiger partial charge in [0.05, 0.1) is 26.2 Å². The van der Waals surface area contributed by atoms with Gasteiger partial charge >= 0.3 is 0 Å². The van der Waals surface area contributed by atoms with Crippen molar-refractivity contribution in [1.82, 2.24) is 14.5 Å². The molecule has 112 valence electrons. The first kappa shape index (κ1) is 14.1. The Morgan fingerprint density at radius 2 is 1.91 bits per heavy atom. The Morgan fingerprint density at radius 3 is 2.68 bits per heavy atom. The van der Waals surface area contributed by atoms with Crippen LogP contribution in [0.2, 0.25) is 0 Å². The molecule has 1 aromatic carbocycles. The van der Waals surface area contributed by atoms with Gasteiger partial charge in [-0.3, -0.25) is 9.36 Å². The number of aromatic nitrogens is 3. The largest absolute Gasteiger partial charge is 0.493 e. The molecule has 0 bridgehead atoms.